The van der Waals surface area contributed by atoms with Gasteiger partial charge in [0, 0.05) is 36.5 Å². The number of H-pyrrole nitrogens is 1. The molecular weight excluding hydrogens is 459 g/mol. The summed E-state index contributed by atoms with van der Waals surface area (Å²) in [6, 6.07) is 14.0. The number of carbonyl (C=O) groups is 1. The maximum absolute atomic E-state index is 13.0. The van der Waals surface area contributed by atoms with Crippen molar-refractivity contribution in [1.82, 2.24) is 29.5 Å². The first-order chi connectivity index (χ1) is 16.8. The van der Waals surface area contributed by atoms with E-state index in [1.165, 1.54) is 17.9 Å². The second-order valence-corrected chi connectivity index (χ2v) is 7.85. The quantitative estimate of drug-likeness (QED) is 0.339. The van der Waals surface area contributed by atoms with E-state index in [4.69, 9.17) is 0 Å². The fourth-order valence-corrected chi connectivity index (χ4v) is 3.67. The number of aromatic nitrogens is 6. The van der Waals surface area contributed by atoms with Gasteiger partial charge in [-0.05, 0) is 11.6 Å². The Labute approximate surface area is 196 Å². The third-order valence-corrected chi connectivity index (χ3v) is 5.41. The Balaban J connectivity index is 1.38. The predicted octanol–water partition coefficient (Wildman–Crippen LogP) is 4.86. The van der Waals surface area contributed by atoms with Gasteiger partial charge in [-0.3, -0.25) is 4.79 Å². The summed E-state index contributed by atoms with van der Waals surface area (Å²) in [5, 5.41) is 3.26. The molecule has 2 aromatic carbocycles. The minimum Gasteiger partial charge on any atom is -0.364 e. The van der Waals surface area contributed by atoms with Crippen molar-refractivity contribution >= 4 is 23.3 Å². The number of anilines is 1. The molecular formula is C24H18F3N7O. The second-order valence-electron chi connectivity index (χ2n) is 7.85. The molecule has 0 aliphatic carbocycles. The van der Waals surface area contributed by atoms with E-state index < -0.39 is 11.9 Å². The predicted molar refractivity (Wildman–Crippen MR) is 123 cm³/mol. The van der Waals surface area contributed by atoms with E-state index in [0.29, 0.717) is 46.0 Å². The van der Waals surface area contributed by atoms with Gasteiger partial charge >= 0.3 is 6.18 Å². The number of nitrogens with one attached hydrogen (secondary N) is 2. The van der Waals surface area contributed by atoms with E-state index in [2.05, 4.69) is 30.2 Å². The third kappa shape index (κ3) is 4.47. The molecule has 0 amide bonds. The van der Waals surface area contributed by atoms with E-state index in [0.717, 1.165) is 18.0 Å². The van der Waals surface area contributed by atoms with Crippen molar-refractivity contribution in [2.75, 3.05) is 5.32 Å². The maximum Gasteiger partial charge on any atom is 0.434 e. The van der Waals surface area contributed by atoms with E-state index in [-0.39, 0.29) is 5.82 Å². The first-order valence-electron chi connectivity index (χ1n) is 10.5. The number of nitrogens with zero attached hydrogens (tertiary/aromatic N) is 5. The molecule has 2 N–H and O–H groups in total. The summed E-state index contributed by atoms with van der Waals surface area (Å²) in [6.45, 7) is 0.396. The number of hydrogen-bond donors (Lipinski definition) is 2. The summed E-state index contributed by atoms with van der Waals surface area (Å²) < 4.78 is 40.3. The molecule has 0 aliphatic heterocycles. The highest BCUT2D eigenvalue weighted by atomic mass is 19.4. The molecule has 0 bridgehead atoms. The van der Waals surface area contributed by atoms with Crippen molar-refractivity contribution in [2.24, 2.45) is 7.05 Å². The average molecular weight is 477 g/mol. The molecule has 0 atom stereocenters. The molecule has 11 heteroatoms. The Morgan fingerprint density at radius 2 is 1.86 bits per heavy atom. The monoisotopic (exact) mass is 477 g/mol. The number of hydrogen-bond acceptors (Lipinski definition) is 6. The minimum atomic E-state index is -4.50. The van der Waals surface area contributed by atoms with Crippen LogP contribution in [0.1, 0.15) is 21.6 Å². The summed E-state index contributed by atoms with van der Waals surface area (Å²) in [6.07, 6.45) is -1.25. The third-order valence-electron chi connectivity index (χ3n) is 5.41. The number of imidazole rings is 2. The number of carbonyl (C=O) groups excluding carboxylic acids is 1. The van der Waals surface area contributed by atoms with Crippen LogP contribution in [-0.4, -0.2) is 35.8 Å². The van der Waals surface area contributed by atoms with Crippen LogP contribution in [0.4, 0.5) is 19.0 Å². The summed E-state index contributed by atoms with van der Waals surface area (Å²) in [4.78, 5) is 31.2. The van der Waals surface area contributed by atoms with Crippen molar-refractivity contribution in [3.8, 4) is 22.8 Å². The SMILES string of the molecule is Cn1cc(C(F)(F)F)nc1-c1ccc(CNc2nc(-c3cccc(C=O)c3)nc3nc[nH]c23)cc1. The van der Waals surface area contributed by atoms with Gasteiger partial charge in [-0.2, -0.15) is 13.2 Å². The summed E-state index contributed by atoms with van der Waals surface area (Å²) in [5.41, 5.74) is 2.82. The number of aromatic amines is 1. The zero-order valence-electron chi connectivity index (χ0n) is 18.3. The minimum absolute atomic E-state index is 0.231. The molecule has 3 aromatic heterocycles. The van der Waals surface area contributed by atoms with E-state index in [1.807, 2.05) is 18.2 Å². The van der Waals surface area contributed by atoms with Crippen molar-refractivity contribution in [3.63, 3.8) is 0 Å². The maximum atomic E-state index is 13.0. The fourth-order valence-electron chi connectivity index (χ4n) is 3.67. The van der Waals surface area contributed by atoms with Gasteiger partial charge < -0.3 is 14.9 Å². The van der Waals surface area contributed by atoms with Gasteiger partial charge in [0.1, 0.15) is 17.6 Å². The molecule has 0 saturated carbocycles. The number of benzene rings is 2. The number of fused-ring (bicyclic) bond motifs is 1. The van der Waals surface area contributed by atoms with Gasteiger partial charge in [0.05, 0.1) is 6.33 Å². The number of halogens is 3. The Morgan fingerprint density at radius 3 is 2.57 bits per heavy atom. The van der Waals surface area contributed by atoms with Crippen molar-refractivity contribution < 1.29 is 18.0 Å². The van der Waals surface area contributed by atoms with Crippen LogP contribution in [-0.2, 0) is 19.8 Å². The lowest BCUT2D eigenvalue weighted by atomic mass is 10.1. The first kappa shape index (κ1) is 22.3. The van der Waals surface area contributed by atoms with Gasteiger partial charge in [-0.15, -0.1) is 0 Å². The molecule has 0 saturated heterocycles. The Hall–Kier alpha value is -4.54. The standard InChI is InChI=1S/C24H18F3N7O/c1-34-11-18(24(25,26)27)31-23(34)16-7-5-14(6-8-16)10-28-21-19-22(30-13-29-19)33-20(32-21)17-4-2-3-15(9-17)12-35/h2-9,11-13H,10H2,1H3,(H2,28,29,30,32,33). The molecule has 8 nitrogen and oxygen atoms in total. The van der Waals surface area contributed by atoms with Crippen LogP contribution in [0.15, 0.2) is 61.1 Å². The Kier molecular flexibility index (Phi) is 5.51. The van der Waals surface area contributed by atoms with Gasteiger partial charge in [0.2, 0.25) is 0 Å². The number of aryl methyl sites for hydroxylation is 1. The molecule has 0 unspecified atom stereocenters. The van der Waals surface area contributed by atoms with Crippen LogP contribution in [0, 0.1) is 0 Å². The molecule has 0 spiro atoms. The normalized spacial score (nSPS) is 11.7. The highest BCUT2D eigenvalue weighted by molar-refractivity contribution is 5.85. The first-order valence-corrected chi connectivity index (χ1v) is 10.5. The van der Waals surface area contributed by atoms with Crippen LogP contribution >= 0.6 is 0 Å². The van der Waals surface area contributed by atoms with E-state index in [9.17, 15) is 18.0 Å². The van der Waals surface area contributed by atoms with Gasteiger partial charge in [-0.25, -0.2) is 19.9 Å². The lowest BCUT2D eigenvalue weighted by molar-refractivity contribution is -0.140. The van der Waals surface area contributed by atoms with Crippen LogP contribution in [0.3, 0.4) is 0 Å². The van der Waals surface area contributed by atoms with Crippen molar-refractivity contribution in [1.29, 1.82) is 0 Å². The van der Waals surface area contributed by atoms with Gasteiger partial charge in [-0.1, -0.05) is 42.5 Å². The molecule has 176 valence electrons. The molecule has 35 heavy (non-hydrogen) atoms. The molecule has 0 radical (unpaired) electrons. The number of rotatable bonds is 6. The smallest absolute Gasteiger partial charge is 0.364 e. The highest BCUT2D eigenvalue weighted by Crippen LogP contribution is 2.31. The lowest BCUT2D eigenvalue weighted by Gasteiger charge is -2.10. The van der Waals surface area contributed by atoms with Crippen molar-refractivity contribution in [2.45, 2.75) is 12.7 Å². The molecule has 5 rings (SSSR count). The Morgan fingerprint density at radius 1 is 1.06 bits per heavy atom. The number of alkyl halides is 3. The zero-order valence-corrected chi connectivity index (χ0v) is 18.3. The largest absolute Gasteiger partial charge is 0.434 e. The van der Waals surface area contributed by atoms with E-state index in [1.54, 1.807) is 30.3 Å². The molecule has 0 fully saturated rings. The lowest BCUT2D eigenvalue weighted by Crippen LogP contribution is -2.05. The summed E-state index contributed by atoms with van der Waals surface area (Å²) in [7, 11) is 1.53. The number of aldehydes is 1. The fraction of sp³-hybridized carbons (Fsp3) is 0.125. The topological polar surface area (TPSA) is 101 Å². The van der Waals surface area contributed by atoms with Crippen molar-refractivity contribution in [3.05, 3.63) is 77.9 Å². The van der Waals surface area contributed by atoms with Gasteiger partial charge in [0.15, 0.2) is 23.0 Å². The zero-order chi connectivity index (χ0) is 24.6. The highest BCUT2D eigenvalue weighted by Gasteiger charge is 2.34. The Bertz CT molecular complexity index is 1520. The molecule has 3 heterocycles. The van der Waals surface area contributed by atoms with E-state index >= 15 is 0 Å². The average Bonchev–Trinajstić information content (AvgIpc) is 3.49. The summed E-state index contributed by atoms with van der Waals surface area (Å²) >= 11 is 0. The van der Waals surface area contributed by atoms with Crippen LogP contribution in [0.25, 0.3) is 33.9 Å². The van der Waals surface area contributed by atoms with Crippen LogP contribution in [0.5, 0.6) is 0 Å². The summed E-state index contributed by atoms with van der Waals surface area (Å²) in [5.74, 6) is 1.18. The molecule has 0 aliphatic rings. The van der Waals surface area contributed by atoms with Gasteiger partial charge in [0.25, 0.3) is 0 Å². The second kappa shape index (κ2) is 8.67. The molecule has 5 aromatic rings. The van der Waals surface area contributed by atoms with Crippen LogP contribution < -0.4 is 5.32 Å². The van der Waals surface area contributed by atoms with Crippen LogP contribution in [0.2, 0.25) is 0 Å².